The van der Waals surface area contributed by atoms with E-state index < -0.39 is 0 Å². The molecule has 3 N–H and O–H groups in total. The number of carbonyl (C=O) groups is 2. The summed E-state index contributed by atoms with van der Waals surface area (Å²) in [5, 5.41) is 2.82. The van der Waals surface area contributed by atoms with Crippen molar-refractivity contribution in [3.8, 4) is 5.75 Å². The standard InChI is InChI=1S/C19H22N2O3/c1-13(22)15-8-9-18(24-2)16(10-15)11-19(23)21-12-17(20)14-6-4-3-5-7-14/h3-10,17H,11-12,20H2,1-2H3,(H,21,23). The predicted molar refractivity (Wildman–Crippen MR) is 93.1 cm³/mol. The number of hydrogen-bond donors (Lipinski definition) is 2. The van der Waals surface area contributed by atoms with Crippen LogP contribution in [0.5, 0.6) is 5.75 Å². The molecule has 1 unspecified atom stereocenters. The van der Waals surface area contributed by atoms with Crippen LogP contribution in [0.2, 0.25) is 0 Å². The molecule has 0 aliphatic carbocycles. The van der Waals surface area contributed by atoms with Crippen molar-refractivity contribution in [2.75, 3.05) is 13.7 Å². The van der Waals surface area contributed by atoms with Crippen LogP contribution >= 0.6 is 0 Å². The molecule has 2 aromatic carbocycles. The highest BCUT2D eigenvalue weighted by Crippen LogP contribution is 2.21. The Balaban J connectivity index is 1.99. The molecule has 0 aromatic heterocycles. The van der Waals surface area contributed by atoms with E-state index in [1.54, 1.807) is 18.2 Å². The summed E-state index contributed by atoms with van der Waals surface area (Å²) in [5.41, 5.74) is 8.27. The van der Waals surface area contributed by atoms with E-state index in [9.17, 15) is 9.59 Å². The number of ether oxygens (including phenoxy) is 1. The second-order valence-corrected chi connectivity index (χ2v) is 5.58. The number of Topliss-reactive ketones (excluding diaryl/α,β-unsaturated/α-hetero) is 1. The lowest BCUT2D eigenvalue weighted by Crippen LogP contribution is -2.33. The number of benzene rings is 2. The second kappa shape index (κ2) is 8.26. The zero-order valence-electron chi connectivity index (χ0n) is 13.9. The average molecular weight is 326 g/mol. The van der Waals surface area contributed by atoms with E-state index in [1.807, 2.05) is 30.3 Å². The van der Waals surface area contributed by atoms with Crippen LogP contribution < -0.4 is 15.8 Å². The summed E-state index contributed by atoms with van der Waals surface area (Å²) < 4.78 is 5.26. The zero-order valence-corrected chi connectivity index (χ0v) is 13.9. The van der Waals surface area contributed by atoms with Gasteiger partial charge in [0.2, 0.25) is 5.91 Å². The van der Waals surface area contributed by atoms with E-state index in [-0.39, 0.29) is 24.2 Å². The van der Waals surface area contributed by atoms with E-state index in [2.05, 4.69) is 5.32 Å². The van der Waals surface area contributed by atoms with Gasteiger partial charge in [-0.25, -0.2) is 0 Å². The van der Waals surface area contributed by atoms with Crippen molar-refractivity contribution in [1.82, 2.24) is 5.32 Å². The van der Waals surface area contributed by atoms with Gasteiger partial charge in [-0.05, 0) is 30.7 Å². The molecule has 1 amide bonds. The first-order valence-corrected chi connectivity index (χ1v) is 7.76. The molecular weight excluding hydrogens is 304 g/mol. The van der Waals surface area contributed by atoms with Crippen molar-refractivity contribution in [3.63, 3.8) is 0 Å². The molecule has 5 nitrogen and oxygen atoms in total. The lowest BCUT2D eigenvalue weighted by molar-refractivity contribution is -0.120. The number of amides is 1. The molecule has 2 rings (SSSR count). The maximum atomic E-state index is 12.2. The van der Waals surface area contributed by atoms with Crippen molar-refractivity contribution in [1.29, 1.82) is 0 Å². The van der Waals surface area contributed by atoms with Gasteiger partial charge in [0.15, 0.2) is 5.78 Å². The first-order chi connectivity index (χ1) is 11.5. The Morgan fingerprint density at radius 2 is 1.88 bits per heavy atom. The fourth-order valence-electron chi connectivity index (χ4n) is 2.41. The molecule has 0 saturated heterocycles. The summed E-state index contributed by atoms with van der Waals surface area (Å²) in [6.45, 7) is 1.84. The van der Waals surface area contributed by atoms with Gasteiger partial charge < -0.3 is 15.8 Å². The van der Waals surface area contributed by atoms with Crippen molar-refractivity contribution in [2.24, 2.45) is 5.73 Å². The summed E-state index contributed by atoms with van der Waals surface area (Å²) in [7, 11) is 1.54. The molecule has 0 radical (unpaired) electrons. The Bertz CT molecular complexity index is 714. The van der Waals surface area contributed by atoms with Crippen LogP contribution in [0.3, 0.4) is 0 Å². The summed E-state index contributed by atoms with van der Waals surface area (Å²) in [6.07, 6.45) is 0.131. The molecule has 0 aliphatic rings. The molecule has 0 bridgehead atoms. The van der Waals surface area contributed by atoms with Crippen molar-refractivity contribution in [3.05, 3.63) is 65.2 Å². The minimum absolute atomic E-state index is 0.0505. The van der Waals surface area contributed by atoms with Crippen LogP contribution in [0.4, 0.5) is 0 Å². The number of rotatable bonds is 7. The van der Waals surface area contributed by atoms with E-state index in [0.29, 0.717) is 23.4 Å². The first-order valence-electron chi connectivity index (χ1n) is 7.76. The van der Waals surface area contributed by atoms with E-state index in [0.717, 1.165) is 5.56 Å². The van der Waals surface area contributed by atoms with Crippen LogP contribution in [0.25, 0.3) is 0 Å². The van der Waals surface area contributed by atoms with E-state index in [1.165, 1.54) is 14.0 Å². The molecular formula is C19H22N2O3. The quantitative estimate of drug-likeness (QED) is 0.765. The van der Waals surface area contributed by atoms with Crippen LogP contribution in [0, 0.1) is 0 Å². The number of carbonyl (C=O) groups excluding carboxylic acids is 2. The summed E-state index contributed by atoms with van der Waals surface area (Å²) in [5.74, 6) is 0.369. The summed E-state index contributed by atoms with van der Waals surface area (Å²) in [6, 6.07) is 14.4. The monoisotopic (exact) mass is 326 g/mol. The van der Waals surface area contributed by atoms with Gasteiger partial charge in [-0.3, -0.25) is 9.59 Å². The third-order valence-corrected chi connectivity index (χ3v) is 3.78. The Hall–Kier alpha value is -2.66. The van der Waals surface area contributed by atoms with Crippen molar-refractivity contribution >= 4 is 11.7 Å². The number of methoxy groups -OCH3 is 1. The Labute approximate surface area is 141 Å². The minimum Gasteiger partial charge on any atom is -0.496 e. The highest BCUT2D eigenvalue weighted by atomic mass is 16.5. The molecule has 0 spiro atoms. The van der Waals surface area contributed by atoms with Gasteiger partial charge in [0, 0.05) is 23.7 Å². The SMILES string of the molecule is COc1ccc(C(C)=O)cc1CC(=O)NCC(N)c1ccccc1. The molecule has 24 heavy (non-hydrogen) atoms. The molecule has 5 heteroatoms. The van der Waals surface area contributed by atoms with Crippen LogP contribution in [-0.4, -0.2) is 25.3 Å². The van der Waals surface area contributed by atoms with Crippen LogP contribution in [0.15, 0.2) is 48.5 Å². The Morgan fingerprint density at radius 3 is 2.50 bits per heavy atom. The third-order valence-electron chi connectivity index (χ3n) is 3.78. The minimum atomic E-state index is -0.263. The topological polar surface area (TPSA) is 81.4 Å². The predicted octanol–water partition coefficient (Wildman–Crippen LogP) is 2.26. The van der Waals surface area contributed by atoms with Crippen LogP contribution in [-0.2, 0) is 11.2 Å². The number of nitrogens with one attached hydrogen (secondary N) is 1. The van der Waals surface area contributed by atoms with Gasteiger partial charge in [-0.1, -0.05) is 30.3 Å². The molecule has 0 aliphatic heterocycles. The number of ketones is 1. The second-order valence-electron chi connectivity index (χ2n) is 5.58. The van der Waals surface area contributed by atoms with E-state index in [4.69, 9.17) is 10.5 Å². The van der Waals surface area contributed by atoms with Gasteiger partial charge in [-0.2, -0.15) is 0 Å². The Kier molecular flexibility index (Phi) is 6.09. The van der Waals surface area contributed by atoms with Gasteiger partial charge in [0.1, 0.15) is 5.75 Å². The lowest BCUT2D eigenvalue weighted by Gasteiger charge is -2.14. The molecule has 0 saturated carbocycles. The molecule has 1 atom stereocenters. The third kappa shape index (κ3) is 4.67. The first kappa shape index (κ1) is 17.7. The maximum absolute atomic E-state index is 12.2. The molecule has 126 valence electrons. The average Bonchev–Trinajstić information content (AvgIpc) is 2.60. The Morgan fingerprint density at radius 1 is 1.17 bits per heavy atom. The highest BCUT2D eigenvalue weighted by Gasteiger charge is 2.13. The normalized spacial score (nSPS) is 11.6. The van der Waals surface area contributed by atoms with Crippen LogP contribution in [0.1, 0.15) is 34.5 Å². The van der Waals surface area contributed by atoms with Crippen molar-refractivity contribution in [2.45, 2.75) is 19.4 Å². The smallest absolute Gasteiger partial charge is 0.224 e. The molecule has 2 aromatic rings. The fourth-order valence-corrected chi connectivity index (χ4v) is 2.41. The van der Waals surface area contributed by atoms with Gasteiger partial charge in [-0.15, -0.1) is 0 Å². The summed E-state index contributed by atoms with van der Waals surface area (Å²) in [4.78, 5) is 23.7. The highest BCUT2D eigenvalue weighted by molar-refractivity contribution is 5.94. The number of hydrogen-bond acceptors (Lipinski definition) is 4. The molecule has 0 fully saturated rings. The number of nitrogens with two attached hydrogens (primary N) is 1. The largest absolute Gasteiger partial charge is 0.496 e. The van der Waals surface area contributed by atoms with Gasteiger partial charge in [0.25, 0.3) is 0 Å². The van der Waals surface area contributed by atoms with Gasteiger partial charge in [0.05, 0.1) is 13.5 Å². The van der Waals surface area contributed by atoms with E-state index >= 15 is 0 Å². The fraction of sp³-hybridized carbons (Fsp3) is 0.263. The maximum Gasteiger partial charge on any atom is 0.224 e. The van der Waals surface area contributed by atoms with Gasteiger partial charge >= 0.3 is 0 Å². The molecule has 0 heterocycles. The van der Waals surface area contributed by atoms with Crippen molar-refractivity contribution < 1.29 is 14.3 Å². The summed E-state index contributed by atoms with van der Waals surface area (Å²) >= 11 is 0. The lowest BCUT2D eigenvalue weighted by atomic mass is 10.0. The zero-order chi connectivity index (χ0) is 17.5.